The highest BCUT2D eigenvalue weighted by molar-refractivity contribution is 5.74. The van der Waals surface area contributed by atoms with Gasteiger partial charge in [0.25, 0.3) is 0 Å². The van der Waals surface area contributed by atoms with Crippen molar-refractivity contribution in [2.45, 2.75) is 20.4 Å². The summed E-state index contributed by atoms with van der Waals surface area (Å²) in [5, 5.41) is 2.86. The maximum absolute atomic E-state index is 13.6. The summed E-state index contributed by atoms with van der Waals surface area (Å²) in [6, 6.07) is 6.77. The lowest BCUT2D eigenvalue weighted by atomic mass is 10.1. The first-order chi connectivity index (χ1) is 12.0. The fraction of sp³-hybridized carbons (Fsp3) is 0.389. The maximum Gasteiger partial charge on any atom is 0.317 e. The Balaban J connectivity index is 1.50. The van der Waals surface area contributed by atoms with Crippen LogP contribution in [0.15, 0.2) is 30.5 Å². The number of benzene rings is 1. The summed E-state index contributed by atoms with van der Waals surface area (Å²) in [5.74, 6) is 1.38. The molecular formula is C18H22FN5O. The molecule has 1 fully saturated rings. The number of aryl methyl sites for hydroxylation is 2. The molecule has 0 saturated carbocycles. The van der Waals surface area contributed by atoms with E-state index < -0.39 is 0 Å². The number of nitrogens with one attached hydrogen (secondary N) is 1. The molecule has 6 nitrogen and oxygen atoms in total. The molecule has 0 atom stereocenters. The first kappa shape index (κ1) is 17.1. The van der Waals surface area contributed by atoms with Gasteiger partial charge in [-0.15, -0.1) is 0 Å². The molecule has 25 heavy (non-hydrogen) atoms. The molecule has 7 heteroatoms. The molecule has 0 unspecified atom stereocenters. The van der Waals surface area contributed by atoms with E-state index in [1.165, 1.54) is 6.07 Å². The van der Waals surface area contributed by atoms with Crippen molar-refractivity contribution in [1.29, 1.82) is 0 Å². The van der Waals surface area contributed by atoms with Gasteiger partial charge in [-0.3, -0.25) is 0 Å². The van der Waals surface area contributed by atoms with Gasteiger partial charge < -0.3 is 15.1 Å². The second kappa shape index (κ2) is 7.46. The van der Waals surface area contributed by atoms with Crippen molar-refractivity contribution in [2.24, 2.45) is 0 Å². The normalized spacial score (nSPS) is 14.5. The zero-order valence-electron chi connectivity index (χ0n) is 14.5. The molecule has 0 radical (unpaired) electrons. The molecular weight excluding hydrogens is 321 g/mol. The summed E-state index contributed by atoms with van der Waals surface area (Å²) in [5.41, 5.74) is 1.36. The van der Waals surface area contributed by atoms with Crippen molar-refractivity contribution in [2.75, 3.05) is 31.1 Å². The van der Waals surface area contributed by atoms with E-state index >= 15 is 0 Å². The fourth-order valence-corrected chi connectivity index (χ4v) is 2.79. The van der Waals surface area contributed by atoms with Gasteiger partial charge in [-0.25, -0.2) is 19.2 Å². The molecule has 1 aromatic heterocycles. The average molecular weight is 343 g/mol. The number of rotatable bonds is 3. The van der Waals surface area contributed by atoms with Gasteiger partial charge >= 0.3 is 6.03 Å². The van der Waals surface area contributed by atoms with E-state index in [1.807, 2.05) is 19.1 Å². The molecule has 0 aliphatic carbocycles. The molecule has 2 heterocycles. The molecule has 3 rings (SSSR count). The third-order valence-electron chi connectivity index (χ3n) is 4.33. The van der Waals surface area contributed by atoms with Gasteiger partial charge in [0, 0.05) is 38.9 Å². The fourth-order valence-electron chi connectivity index (χ4n) is 2.79. The van der Waals surface area contributed by atoms with Crippen LogP contribution < -0.4 is 10.2 Å². The monoisotopic (exact) mass is 343 g/mol. The average Bonchev–Trinajstić information content (AvgIpc) is 2.62. The zero-order chi connectivity index (χ0) is 17.8. The van der Waals surface area contributed by atoms with E-state index in [9.17, 15) is 9.18 Å². The van der Waals surface area contributed by atoms with Crippen LogP contribution in [0.5, 0.6) is 0 Å². The standard InChI is InChI=1S/C18H22FN5O/c1-13-3-4-15(11-16(13)19)12-21-18(25)24-9-7-23(8-10-24)17-5-6-20-14(2)22-17/h3-6,11H,7-10,12H2,1-2H3,(H,21,25). The van der Waals surface area contributed by atoms with E-state index in [0.29, 0.717) is 25.2 Å². The van der Waals surface area contributed by atoms with Crippen molar-refractivity contribution in [3.05, 3.63) is 53.2 Å². The second-order valence-corrected chi connectivity index (χ2v) is 6.18. The highest BCUT2D eigenvalue weighted by atomic mass is 19.1. The minimum atomic E-state index is -0.250. The molecule has 2 aromatic rings. The quantitative estimate of drug-likeness (QED) is 0.929. The number of hydrogen-bond donors (Lipinski definition) is 1. The van der Waals surface area contributed by atoms with Crippen LogP contribution >= 0.6 is 0 Å². The molecule has 0 bridgehead atoms. The Kier molecular flexibility index (Phi) is 5.11. The molecule has 2 amide bonds. The van der Waals surface area contributed by atoms with Crippen LogP contribution in [-0.4, -0.2) is 47.1 Å². The number of nitrogens with zero attached hydrogens (tertiary/aromatic N) is 4. The van der Waals surface area contributed by atoms with E-state index in [4.69, 9.17) is 0 Å². The molecule has 1 aliphatic heterocycles. The number of piperazine rings is 1. The van der Waals surface area contributed by atoms with Crippen LogP contribution in [0.1, 0.15) is 17.0 Å². The van der Waals surface area contributed by atoms with E-state index in [0.717, 1.165) is 30.3 Å². The lowest BCUT2D eigenvalue weighted by Crippen LogP contribution is -2.52. The Bertz CT molecular complexity index is 759. The highest BCUT2D eigenvalue weighted by Crippen LogP contribution is 2.13. The van der Waals surface area contributed by atoms with Crippen molar-refractivity contribution in [3.8, 4) is 0 Å². The van der Waals surface area contributed by atoms with Gasteiger partial charge in [0.2, 0.25) is 0 Å². The number of carbonyl (C=O) groups excluding carboxylic acids is 1. The first-order valence-corrected chi connectivity index (χ1v) is 8.35. The van der Waals surface area contributed by atoms with Gasteiger partial charge in [0.15, 0.2) is 0 Å². The van der Waals surface area contributed by atoms with Crippen molar-refractivity contribution < 1.29 is 9.18 Å². The van der Waals surface area contributed by atoms with Gasteiger partial charge in [-0.2, -0.15) is 0 Å². The third-order valence-corrected chi connectivity index (χ3v) is 4.33. The predicted molar refractivity (Wildman–Crippen MR) is 93.9 cm³/mol. The summed E-state index contributed by atoms with van der Waals surface area (Å²) in [7, 11) is 0. The van der Waals surface area contributed by atoms with Crippen LogP contribution in [0.4, 0.5) is 15.0 Å². The lowest BCUT2D eigenvalue weighted by molar-refractivity contribution is 0.194. The van der Waals surface area contributed by atoms with Gasteiger partial charge in [-0.05, 0) is 37.1 Å². The molecule has 1 aromatic carbocycles. The number of halogens is 1. The second-order valence-electron chi connectivity index (χ2n) is 6.18. The Morgan fingerprint density at radius 3 is 2.64 bits per heavy atom. The van der Waals surface area contributed by atoms with Gasteiger partial charge in [0.05, 0.1) is 0 Å². The SMILES string of the molecule is Cc1nccc(N2CCN(C(=O)NCc3ccc(C)c(F)c3)CC2)n1. The Morgan fingerprint density at radius 2 is 1.96 bits per heavy atom. The Hall–Kier alpha value is -2.70. The topological polar surface area (TPSA) is 61.4 Å². The highest BCUT2D eigenvalue weighted by Gasteiger charge is 2.21. The van der Waals surface area contributed by atoms with Crippen molar-refractivity contribution in [3.63, 3.8) is 0 Å². The number of anilines is 1. The molecule has 1 N–H and O–H groups in total. The minimum absolute atomic E-state index is 0.125. The lowest BCUT2D eigenvalue weighted by Gasteiger charge is -2.35. The van der Waals surface area contributed by atoms with Crippen LogP contribution in [0.2, 0.25) is 0 Å². The molecule has 1 aliphatic rings. The maximum atomic E-state index is 13.6. The smallest absolute Gasteiger partial charge is 0.317 e. The molecule has 132 valence electrons. The summed E-state index contributed by atoms with van der Waals surface area (Å²) in [6.45, 7) is 6.60. The van der Waals surface area contributed by atoms with Gasteiger partial charge in [-0.1, -0.05) is 12.1 Å². The molecule has 0 spiro atoms. The van der Waals surface area contributed by atoms with Crippen LogP contribution in [-0.2, 0) is 6.54 Å². The number of amides is 2. The zero-order valence-corrected chi connectivity index (χ0v) is 14.5. The predicted octanol–water partition coefficient (Wildman–Crippen LogP) is 2.26. The summed E-state index contributed by atoms with van der Waals surface area (Å²) >= 11 is 0. The van der Waals surface area contributed by atoms with Crippen molar-refractivity contribution in [1.82, 2.24) is 20.2 Å². The summed E-state index contributed by atoms with van der Waals surface area (Å²) in [6.07, 6.45) is 1.75. The number of aromatic nitrogens is 2. The van der Waals surface area contributed by atoms with Crippen LogP contribution in [0.25, 0.3) is 0 Å². The van der Waals surface area contributed by atoms with Gasteiger partial charge in [0.1, 0.15) is 17.5 Å². The van der Waals surface area contributed by atoms with Crippen LogP contribution in [0, 0.1) is 19.7 Å². The summed E-state index contributed by atoms with van der Waals surface area (Å²) in [4.78, 5) is 24.7. The molecule has 1 saturated heterocycles. The Labute approximate surface area is 146 Å². The first-order valence-electron chi connectivity index (χ1n) is 8.35. The van der Waals surface area contributed by atoms with Crippen molar-refractivity contribution >= 4 is 11.8 Å². The van der Waals surface area contributed by atoms with E-state index in [1.54, 1.807) is 24.1 Å². The number of carbonyl (C=O) groups is 1. The summed E-state index contributed by atoms with van der Waals surface area (Å²) < 4.78 is 13.6. The Morgan fingerprint density at radius 1 is 1.20 bits per heavy atom. The largest absolute Gasteiger partial charge is 0.353 e. The van der Waals surface area contributed by atoms with E-state index in [2.05, 4.69) is 20.2 Å². The third kappa shape index (κ3) is 4.23. The minimum Gasteiger partial charge on any atom is -0.353 e. The van der Waals surface area contributed by atoms with E-state index in [-0.39, 0.29) is 11.8 Å². The number of hydrogen-bond acceptors (Lipinski definition) is 4. The van der Waals surface area contributed by atoms with Crippen LogP contribution in [0.3, 0.4) is 0 Å². The number of urea groups is 1.